The van der Waals surface area contributed by atoms with Crippen LogP contribution in [0.25, 0.3) is 11.4 Å². The van der Waals surface area contributed by atoms with Gasteiger partial charge in [-0.05, 0) is 35.8 Å². The van der Waals surface area contributed by atoms with Crippen LogP contribution in [0.15, 0.2) is 29.0 Å². The van der Waals surface area contributed by atoms with Crippen molar-refractivity contribution in [2.24, 2.45) is 0 Å². The molecule has 0 radical (unpaired) electrons. The van der Waals surface area contributed by atoms with E-state index in [1.165, 1.54) is 0 Å². The number of halogens is 1. The van der Waals surface area contributed by atoms with Crippen molar-refractivity contribution in [3.8, 4) is 11.4 Å². The molecule has 2 heterocycles. The van der Waals surface area contributed by atoms with Crippen LogP contribution in [0.1, 0.15) is 12.6 Å². The van der Waals surface area contributed by atoms with Crippen LogP contribution in [-0.2, 0) is 0 Å². The van der Waals surface area contributed by atoms with Gasteiger partial charge in [0.25, 0.3) is 0 Å². The topological polar surface area (TPSA) is 50.7 Å². The summed E-state index contributed by atoms with van der Waals surface area (Å²) in [7, 11) is 0. The number of aromatic nitrogens is 3. The van der Waals surface area contributed by atoms with Gasteiger partial charge in [-0.25, -0.2) is 9.97 Å². The number of anilines is 1. The summed E-state index contributed by atoms with van der Waals surface area (Å²) in [6, 6.07) is 3.88. The molecule has 2 aromatic rings. The third-order valence-corrected chi connectivity index (χ3v) is 2.61. The molecular formula is C12H13BrN4. The predicted molar refractivity (Wildman–Crippen MR) is 71.9 cm³/mol. The van der Waals surface area contributed by atoms with Gasteiger partial charge in [-0.2, -0.15) is 0 Å². The quantitative estimate of drug-likeness (QED) is 0.945. The average Bonchev–Trinajstić information content (AvgIpc) is 2.28. The molecule has 4 nitrogen and oxygen atoms in total. The molecule has 0 amide bonds. The van der Waals surface area contributed by atoms with Crippen LogP contribution in [0.2, 0.25) is 0 Å². The smallest absolute Gasteiger partial charge is 0.163 e. The van der Waals surface area contributed by atoms with E-state index in [1.54, 1.807) is 12.4 Å². The first-order valence-corrected chi connectivity index (χ1v) is 6.19. The summed E-state index contributed by atoms with van der Waals surface area (Å²) >= 11 is 3.39. The highest BCUT2D eigenvalue weighted by molar-refractivity contribution is 9.10. The van der Waals surface area contributed by atoms with Gasteiger partial charge < -0.3 is 5.32 Å². The van der Waals surface area contributed by atoms with Crippen molar-refractivity contribution in [3.05, 3.63) is 34.7 Å². The first-order chi connectivity index (χ1) is 8.19. The zero-order valence-electron chi connectivity index (χ0n) is 9.74. The maximum absolute atomic E-state index is 4.45. The van der Waals surface area contributed by atoms with Gasteiger partial charge in [0.1, 0.15) is 5.82 Å². The molecule has 0 spiro atoms. The summed E-state index contributed by atoms with van der Waals surface area (Å²) in [5.41, 5.74) is 1.84. The predicted octanol–water partition coefficient (Wildman–Crippen LogP) is 3.04. The second kappa shape index (κ2) is 5.23. The van der Waals surface area contributed by atoms with Crippen LogP contribution in [0, 0.1) is 6.92 Å². The van der Waals surface area contributed by atoms with Gasteiger partial charge in [0, 0.05) is 40.7 Å². The molecule has 2 rings (SSSR count). The molecule has 0 atom stereocenters. The maximum Gasteiger partial charge on any atom is 0.163 e. The molecule has 0 aliphatic rings. The number of rotatable bonds is 3. The zero-order valence-corrected chi connectivity index (χ0v) is 11.3. The van der Waals surface area contributed by atoms with Crippen LogP contribution in [-0.4, -0.2) is 21.5 Å². The third kappa shape index (κ3) is 3.00. The summed E-state index contributed by atoms with van der Waals surface area (Å²) < 4.78 is 0.921. The third-order valence-electron chi connectivity index (χ3n) is 2.18. The van der Waals surface area contributed by atoms with E-state index in [2.05, 4.69) is 36.2 Å². The maximum atomic E-state index is 4.45. The Balaban J connectivity index is 2.44. The first-order valence-electron chi connectivity index (χ1n) is 5.39. The molecule has 0 saturated carbocycles. The Kier molecular flexibility index (Phi) is 3.68. The highest BCUT2D eigenvalue weighted by Crippen LogP contribution is 2.20. The Morgan fingerprint density at radius 3 is 2.76 bits per heavy atom. The summed E-state index contributed by atoms with van der Waals surface area (Å²) in [4.78, 5) is 13.0. The molecule has 0 bridgehead atoms. The SMILES string of the molecule is CCNc1cc(C)nc(-c2cncc(Br)c2)n1. The summed E-state index contributed by atoms with van der Waals surface area (Å²) in [5, 5.41) is 3.19. The van der Waals surface area contributed by atoms with Crippen LogP contribution >= 0.6 is 15.9 Å². The number of pyridine rings is 1. The lowest BCUT2D eigenvalue weighted by Crippen LogP contribution is -2.02. The molecule has 0 unspecified atom stereocenters. The van der Waals surface area contributed by atoms with E-state index in [-0.39, 0.29) is 0 Å². The van der Waals surface area contributed by atoms with E-state index in [4.69, 9.17) is 0 Å². The Labute approximate surface area is 109 Å². The summed E-state index contributed by atoms with van der Waals surface area (Å²) in [6.07, 6.45) is 3.50. The number of aryl methyl sites for hydroxylation is 1. The number of hydrogen-bond acceptors (Lipinski definition) is 4. The fourth-order valence-electron chi connectivity index (χ4n) is 1.50. The highest BCUT2D eigenvalue weighted by Gasteiger charge is 2.05. The van der Waals surface area contributed by atoms with Gasteiger partial charge in [0.2, 0.25) is 0 Å². The van der Waals surface area contributed by atoms with E-state index >= 15 is 0 Å². The Morgan fingerprint density at radius 2 is 2.06 bits per heavy atom. The van der Waals surface area contributed by atoms with Crippen LogP contribution in [0.5, 0.6) is 0 Å². The van der Waals surface area contributed by atoms with Crippen molar-refractivity contribution >= 4 is 21.7 Å². The Bertz CT molecular complexity index is 528. The lowest BCUT2D eigenvalue weighted by molar-refractivity contribution is 1.08. The average molecular weight is 293 g/mol. The lowest BCUT2D eigenvalue weighted by Gasteiger charge is -2.06. The normalized spacial score (nSPS) is 10.3. The number of nitrogens with one attached hydrogen (secondary N) is 1. The van der Waals surface area contributed by atoms with E-state index in [0.29, 0.717) is 5.82 Å². The van der Waals surface area contributed by atoms with Crippen molar-refractivity contribution in [1.29, 1.82) is 0 Å². The van der Waals surface area contributed by atoms with Gasteiger partial charge in [-0.1, -0.05) is 0 Å². The van der Waals surface area contributed by atoms with Gasteiger partial charge in [-0.3, -0.25) is 4.98 Å². The highest BCUT2D eigenvalue weighted by atomic mass is 79.9. The molecule has 0 aliphatic heterocycles. The van der Waals surface area contributed by atoms with E-state index in [9.17, 15) is 0 Å². The Morgan fingerprint density at radius 1 is 1.24 bits per heavy atom. The van der Waals surface area contributed by atoms with E-state index in [0.717, 1.165) is 28.1 Å². The van der Waals surface area contributed by atoms with Gasteiger partial charge in [0.05, 0.1) is 0 Å². The molecule has 0 saturated heterocycles. The summed E-state index contributed by atoms with van der Waals surface area (Å²) in [6.45, 7) is 4.84. The molecule has 88 valence electrons. The van der Waals surface area contributed by atoms with Crippen molar-refractivity contribution in [3.63, 3.8) is 0 Å². The van der Waals surface area contributed by atoms with Gasteiger partial charge in [-0.15, -0.1) is 0 Å². The molecule has 1 N–H and O–H groups in total. The summed E-state index contributed by atoms with van der Waals surface area (Å²) in [5.74, 6) is 1.53. The van der Waals surface area contributed by atoms with Gasteiger partial charge >= 0.3 is 0 Å². The molecular weight excluding hydrogens is 280 g/mol. The fourth-order valence-corrected chi connectivity index (χ4v) is 1.87. The monoisotopic (exact) mass is 292 g/mol. The minimum Gasteiger partial charge on any atom is -0.370 e. The molecule has 2 aromatic heterocycles. The second-order valence-electron chi connectivity index (χ2n) is 3.64. The molecule has 5 heteroatoms. The number of hydrogen-bond donors (Lipinski definition) is 1. The van der Waals surface area contributed by atoms with Crippen molar-refractivity contribution < 1.29 is 0 Å². The largest absolute Gasteiger partial charge is 0.370 e. The molecule has 17 heavy (non-hydrogen) atoms. The van der Waals surface area contributed by atoms with E-state index < -0.39 is 0 Å². The van der Waals surface area contributed by atoms with Crippen molar-refractivity contribution in [2.45, 2.75) is 13.8 Å². The minimum absolute atomic E-state index is 0.690. The fraction of sp³-hybridized carbons (Fsp3) is 0.250. The zero-order chi connectivity index (χ0) is 12.3. The lowest BCUT2D eigenvalue weighted by atomic mass is 10.2. The molecule has 0 aromatic carbocycles. The van der Waals surface area contributed by atoms with Gasteiger partial charge in [0.15, 0.2) is 5.82 Å². The first kappa shape index (κ1) is 12.0. The van der Waals surface area contributed by atoms with Crippen molar-refractivity contribution in [2.75, 3.05) is 11.9 Å². The molecule has 0 aliphatic carbocycles. The van der Waals surface area contributed by atoms with E-state index in [1.807, 2.05) is 26.0 Å². The molecule has 0 fully saturated rings. The number of nitrogens with zero attached hydrogens (tertiary/aromatic N) is 3. The minimum atomic E-state index is 0.690. The van der Waals surface area contributed by atoms with Crippen molar-refractivity contribution in [1.82, 2.24) is 15.0 Å². The Hall–Kier alpha value is -1.49. The second-order valence-corrected chi connectivity index (χ2v) is 4.56. The van der Waals surface area contributed by atoms with Crippen LogP contribution in [0.4, 0.5) is 5.82 Å². The van der Waals surface area contributed by atoms with Crippen LogP contribution in [0.3, 0.4) is 0 Å². The standard InChI is InChI=1S/C12H13BrN4/c1-3-15-11-4-8(2)16-12(17-11)9-5-10(13)7-14-6-9/h4-7H,3H2,1-2H3,(H,15,16,17). The van der Waals surface area contributed by atoms with Crippen LogP contribution < -0.4 is 5.32 Å².